The number of thioether (sulfide) groups is 1. The minimum atomic E-state index is -0.234. The Hall–Kier alpha value is -1.73. The van der Waals surface area contributed by atoms with Gasteiger partial charge in [0.05, 0.1) is 5.75 Å². The maximum Gasteiger partial charge on any atom is 0.291 e. The molecule has 1 aromatic heterocycles. The van der Waals surface area contributed by atoms with Crippen molar-refractivity contribution in [1.82, 2.24) is 0 Å². The number of halogens is 1. The van der Waals surface area contributed by atoms with Crippen molar-refractivity contribution in [2.24, 2.45) is 0 Å². The zero-order valence-corrected chi connectivity index (χ0v) is 15.1. The van der Waals surface area contributed by atoms with Crippen molar-refractivity contribution in [1.29, 1.82) is 0 Å². The number of benzene rings is 2. The second-order valence-corrected chi connectivity index (χ2v) is 7.12. The molecule has 23 heavy (non-hydrogen) atoms. The zero-order valence-electron chi connectivity index (χ0n) is 12.2. The number of carbonyl (C=O) groups excluding carboxylic acids is 1. The number of furan rings is 1. The first-order valence-electron chi connectivity index (χ1n) is 7.04. The predicted octanol–water partition coefficient (Wildman–Crippen LogP) is 5.43. The highest BCUT2D eigenvalue weighted by Gasteiger charge is 2.11. The lowest BCUT2D eigenvalue weighted by molar-refractivity contribution is 0.0995. The summed E-state index contributed by atoms with van der Waals surface area (Å²) in [4.78, 5) is 13.3. The van der Waals surface area contributed by atoms with E-state index < -0.39 is 0 Å². The third-order valence-corrected chi connectivity index (χ3v) is 4.87. The summed E-state index contributed by atoms with van der Waals surface area (Å²) in [5.74, 6) is 1.57. The standard InChI is InChI=1S/C18H14INO2S/c19-13-6-8-14(9-7-13)20-18(21)17-11-10-15(22-17)12-23-16-4-2-1-3-5-16/h1-11H,12H2,(H,20,21). The van der Waals surface area contributed by atoms with Crippen LogP contribution in [-0.4, -0.2) is 5.91 Å². The Morgan fingerprint density at radius 1 is 1.00 bits per heavy atom. The van der Waals surface area contributed by atoms with E-state index in [1.165, 1.54) is 4.90 Å². The van der Waals surface area contributed by atoms with E-state index in [4.69, 9.17) is 4.42 Å². The lowest BCUT2D eigenvalue weighted by Crippen LogP contribution is -2.10. The van der Waals surface area contributed by atoms with Crippen LogP contribution in [-0.2, 0) is 5.75 Å². The lowest BCUT2D eigenvalue weighted by atomic mass is 10.3. The van der Waals surface area contributed by atoms with Gasteiger partial charge in [-0.1, -0.05) is 18.2 Å². The summed E-state index contributed by atoms with van der Waals surface area (Å²) in [5.41, 5.74) is 0.757. The molecule has 1 heterocycles. The third kappa shape index (κ3) is 4.62. The van der Waals surface area contributed by atoms with Crippen LogP contribution >= 0.6 is 34.4 Å². The smallest absolute Gasteiger partial charge is 0.291 e. The van der Waals surface area contributed by atoms with Crippen molar-refractivity contribution in [3.05, 3.63) is 81.8 Å². The van der Waals surface area contributed by atoms with Gasteiger partial charge in [0.25, 0.3) is 5.91 Å². The van der Waals surface area contributed by atoms with Gasteiger partial charge in [0.2, 0.25) is 0 Å². The van der Waals surface area contributed by atoms with Gasteiger partial charge < -0.3 is 9.73 Å². The number of carbonyl (C=O) groups is 1. The fourth-order valence-corrected chi connectivity index (χ4v) is 3.15. The maximum atomic E-state index is 12.2. The third-order valence-electron chi connectivity index (χ3n) is 3.11. The van der Waals surface area contributed by atoms with Gasteiger partial charge in [0.1, 0.15) is 5.76 Å². The Bertz CT molecular complexity index is 784. The maximum absolute atomic E-state index is 12.2. The number of hydrogen-bond acceptors (Lipinski definition) is 3. The molecule has 0 aliphatic rings. The molecular weight excluding hydrogens is 421 g/mol. The fraction of sp³-hybridized carbons (Fsp3) is 0.0556. The number of rotatable bonds is 5. The summed E-state index contributed by atoms with van der Waals surface area (Å²) in [6.45, 7) is 0. The molecule has 3 rings (SSSR count). The van der Waals surface area contributed by atoms with E-state index in [2.05, 4.69) is 40.0 Å². The first-order chi connectivity index (χ1) is 11.2. The molecule has 0 bridgehead atoms. The van der Waals surface area contributed by atoms with Gasteiger partial charge >= 0.3 is 0 Å². The largest absolute Gasteiger partial charge is 0.455 e. The lowest BCUT2D eigenvalue weighted by Gasteiger charge is -2.03. The summed E-state index contributed by atoms with van der Waals surface area (Å²) in [6.07, 6.45) is 0. The van der Waals surface area contributed by atoms with Gasteiger partial charge in [-0.15, -0.1) is 11.8 Å². The molecule has 1 N–H and O–H groups in total. The molecule has 0 atom stereocenters. The van der Waals surface area contributed by atoms with Crippen molar-refractivity contribution >= 4 is 45.9 Å². The molecule has 0 aliphatic carbocycles. The zero-order chi connectivity index (χ0) is 16.1. The van der Waals surface area contributed by atoms with Crippen LogP contribution in [0.3, 0.4) is 0 Å². The molecule has 116 valence electrons. The molecule has 0 radical (unpaired) electrons. The molecule has 2 aromatic carbocycles. The van der Waals surface area contributed by atoms with E-state index in [0.717, 1.165) is 15.0 Å². The van der Waals surface area contributed by atoms with E-state index in [1.807, 2.05) is 48.5 Å². The molecular formula is C18H14INO2S. The molecule has 5 heteroatoms. The summed E-state index contributed by atoms with van der Waals surface area (Å²) >= 11 is 3.90. The monoisotopic (exact) mass is 435 g/mol. The Labute approximate surface area is 152 Å². The number of nitrogens with one attached hydrogen (secondary N) is 1. The van der Waals surface area contributed by atoms with Crippen LogP contribution in [0, 0.1) is 3.57 Å². The van der Waals surface area contributed by atoms with Crippen molar-refractivity contribution in [3.63, 3.8) is 0 Å². The van der Waals surface area contributed by atoms with Crippen molar-refractivity contribution in [2.45, 2.75) is 10.6 Å². The van der Waals surface area contributed by atoms with Gasteiger partial charge in [-0.25, -0.2) is 0 Å². The van der Waals surface area contributed by atoms with Crippen LogP contribution in [0.25, 0.3) is 0 Å². The van der Waals surface area contributed by atoms with Gasteiger partial charge in [-0.3, -0.25) is 4.79 Å². The van der Waals surface area contributed by atoms with Gasteiger partial charge in [0, 0.05) is 14.2 Å². The minimum absolute atomic E-state index is 0.234. The molecule has 0 aliphatic heterocycles. The first-order valence-corrected chi connectivity index (χ1v) is 9.10. The average Bonchev–Trinajstić information content (AvgIpc) is 3.05. The Balaban J connectivity index is 1.59. The van der Waals surface area contributed by atoms with Gasteiger partial charge in [0.15, 0.2) is 5.76 Å². The summed E-state index contributed by atoms with van der Waals surface area (Å²) in [5, 5.41) is 2.83. The second-order valence-electron chi connectivity index (χ2n) is 4.83. The minimum Gasteiger partial charge on any atom is -0.455 e. The van der Waals surface area contributed by atoms with Crippen LogP contribution in [0.2, 0.25) is 0 Å². The Morgan fingerprint density at radius 2 is 1.74 bits per heavy atom. The fourth-order valence-electron chi connectivity index (χ4n) is 1.97. The molecule has 0 saturated heterocycles. The van der Waals surface area contributed by atoms with Gasteiger partial charge in [-0.2, -0.15) is 0 Å². The molecule has 1 amide bonds. The molecule has 0 saturated carbocycles. The quantitative estimate of drug-likeness (QED) is 0.430. The van der Waals surface area contributed by atoms with E-state index in [-0.39, 0.29) is 5.91 Å². The van der Waals surface area contributed by atoms with Crippen molar-refractivity contribution in [2.75, 3.05) is 5.32 Å². The van der Waals surface area contributed by atoms with Crippen LogP contribution in [0.4, 0.5) is 5.69 Å². The SMILES string of the molecule is O=C(Nc1ccc(I)cc1)c1ccc(CSc2ccccc2)o1. The summed E-state index contributed by atoms with van der Waals surface area (Å²) in [6, 6.07) is 21.3. The Kier molecular flexibility index (Phi) is 5.40. The van der Waals surface area contributed by atoms with E-state index in [1.54, 1.807) is 17.8 Å². The normalized spacial score (nSPS) is 10.5. The molecule has 3 nitrogen and oxygen atoms in total. The highest BCUT2D eigenvalue weighted by atomic mass is 127. The molecule has 3 aromatic rings. The van der Waals surface area contributed by atoms with Crippen molar-refractivity contribution < 1.29 is 9.21 Å². The van der Waals surface area contributed by atoms with Gasteiger partial charge in [-0.05, 0) is 71.1 Å². The number of anilines is 1. The molecule has 0 fully saturated rings. The molecule has 0 spiro atoms. The average molecular weight is 435 g/mol. The predicted molar refractivity (Wildman–Crippen MR) is 102 cm³/mol. The van der Waals surface area contributed by atoms with E-state index in [0.29, 0.717) is 11.5 Å². The van der Waals surface area contributed by atoms with E-state index in [9.17, 15) is 4.79 Å². The highest BCUT2D eigenvalue weighted by molar-refractivity contribution is 14.1. The van der Waals surface area contributed by atoms with Crippen LogP contribution in [0.15, 0.2) is 76.0 Å². The van der Waals surface area contributed by atoms with Crippen molar-refractivity contribution in [3.8, 4) is 0 Å². The number of hydrogen-bond donors (Lipinski definition) is 1. The molecule has 0 unspecified atom stereocenters. The summed E-state index contributed by atoms with van der Waals surface area (Å²) in [7, 11) is 0. The Morgan fingerprint density at radius 3 is 2.48 bits per heavy atom. The number of amides is 1. The van der Waals surface area contributed by atoms with Crippen LogP contribution < -0.4 is 5.32 Å². The second kappa shape index (κ2) is 7.70. The highest BCUT2D eigenvalue weighted by Crippen LogP contribution is 2.23. The van der Waals surface area contributed by atoms with Crippen LogP contribution in [0.1, 0.15) is 16.3 Å². The van der Waals surface area contributed by atoms with E-state index >= 15 is 0 Å². The topological polar surface area (TPSA) is 42.2 Å². The van der Waals surface area contributed by atoms with Crippen LogP contribution in [0.5, 0.6) is 0 Å². The first kappa shape index (κ1) is 16.1. The summed E-state index contributed by atoms with van der Waals surface area (Å²) < 4.78 is 6.75.